The van der Waals surface area contributed by atoms with Crippen LogP contribution < -0.4 is 10.1 Å². The second-order valence-electron chi connectivity index (χ2n) is 3.86. The summed E-state index contributed by atoms with van der Waals surface area (Å²) in [5.41, 5.74) is 0.513. The van der Waals surface area contributed by atoms with Crippen LogP contribution >= 0.6 is 11.6 Å². The molecule has 0 aliphatic heterocycles. The van der Waals surface area contributed by atoms with E-state index in [0.717, 1.165) is 12.1 Å². The third kappa shape index (κ3) is 4.10. The van der Waals surface area contributed by atoms with Crippen LogP contribution in [-0.2, 0) is 0 Å². The van der Waals surface area contributed by atoms with E-state index in [1.54, 1.807) is 24.3 Å². The van der Waals surface area contributed by atoms with Crippen molar-refractivity contribution < 1.29 is 13.5 Å². The number of rotatable bonds is 5. The van der Waals surface area contributed by atoms with Crippen molar-refractivity contribution >= 4 is 17.3 Å². The van der Waals surface area contributed by atoms with Gasteiger partial charge in [0, 0.05) is 23.3 Å². The lowest BCUT2D eigenvalue weighted by Crippen LogP contribution is -2.11. The molecule has 0 heterocycles. The fourth-order valence-electron chi connectivity index (χ4n) is 1.50. The summed E-state index contributed by atoms with van der Waals surface area (Å²) in [5.74, 6) is -1.02. The monoisotopic (exact) mass is 283 g/mol. The Hall–Kier alpha value is -1.81. The molecule has 2 aromatic carbocycles. The largest absolute Gasteiger partial charge is 0.492 e. The predicted molar refractivity (Wildman–Crippen MR) is 71.8 cm³/mol. The van der Waals surface area contributed by atoms with E-state index < -0.39 is 11.6 Å². The number of anilines is 1. The summed E-state index contributed by atoms with van der Waals surface area (Å²) in [7, 11) is 0. The summed E-state index contributed by atoms with van der Waals surface area (Å²) >= 11 is 5.75. The van der Waals surface area contributed by atoms with Crippen LogP contribution in [0, 0.1) is 11.6 Å². The van der Waals surface area contributed by atoms with Gasteiger partial charge >= 0.3 is 0 Å². The Bertz CT molecular complexity index is 546. The Morgan fingerprint density at radius 2 is 1.74 bits per heavy atom. The van der Waals surface area contributed by atoms with Crippen LogP contribution in [0.4, 0.5) is 14.5 Å². The number of hydrogen-bond donors (Lipinski definition) is 1. The minimum atomic E-state index is -0.872. The normalized spacial score (nSPS) is 10.3. The van der Waals surface area contributed by atoms with Gasteiger partial charge in [-0.15, -0.1) is 0 Å². The van der Waals surface area contributed by atoms with Gasteiger partial charge in [0.1, 0.15) is 12.4 Å². The minimum Gasteiger partial charge on any atom is -0.492 e. The second-order valence-corrected chi connectivity index (χ2v) is 4.29. The van der Waals surface area contributed by atoms with Crippen molar-refractivity contribution in [3.8, 4) is 5.75 Å². The molecule has 0 atom stereocenters. The van der Waals surface area contributed by atoms with Gasteiger partial charge in [-0.1, -0.05) is 11.6 Å². The smallest absolute Gasteiger partial charge is 0.160 e. The number of benzene rings is 2. The lowest BCUT2D eigenvalue weighted by Gasteiger charge is -2.08. The van der Waals surface area contributed by atoms with Crippen molar-refractivity contribution in [2.75, 3.05) is 18.5 Å². The quantitative estimate of drug-likeness (QED) is 0.834. The van der Waals surface area contributed by atoms with E-state index in [1.807, 2.05) is 0 Å². The SMILES string of the molecule is Fc1ccc(NCCOc2ccc(Cl)cc2)cc1F. The molecule has 0 radical (unpaired) electrons. The zero-order valence-electron chi connectivity index (χ0n) is 10.00. The molecule has 2 rings (SSSR count). The van der Waals surface area contributed by atoms with Crippen molar-refractivity contribution in [3.05, 3.63) is 59.1 Å². The predicted octanol–water partition coefficient (Wildman–Crippen LogP) is 4.11. The van der Waals surface area contributed by atoms with Gasteiger partial charge in [-0.25, -0.2) is 8.78 Å². The summed E-state index contributed by atoms with van der Waals surface area (Å²) in [6, 6.07) is 10.7. The van der Waals surface area contributed by atoms with Crippen LogP contribution in [-0.4, -0.2) is 13.2 Å². The zero-order chi connectivity index (χ0) is 13.7. The van der Waals surface area contributed by atoms with Gasteiger partial charge in [0.15, 0.2) is 11.6 Å². The zero-order valence-corrected chi connectivity index (χ0v) is 10.8. The summed E-state index contributed by atoms with van der Waals surface area (Å²) in [6.45, 7) is 0.883. The van der Waals surface area contributed by atoms with E-state index in [2.05, 4.69) is 5.32 Å². The molecule has 0 aliphatic carbocycles. The molecule has 0 saturated heterocycles. The Labute approximate surface area is 115 Å². The Balaban J connectivity index is 1.77. The van der Waals surface area contributed by atoms with E-state index in [9.17, 15) is 8.78 Å². The van der Waals surface area contributed by atoms with Gasteiger partial charge in [0.05, 0.1) is 0 Å². The van der Waals surface area contributed by atoms with Crippen molar-refractivity contribution in [2.24, 2.45) is 0 Å². The maximum absolute atomic E-state index is 12.9. The molecule has 0 fully saturated rings. The highest BCUT2D eigenvalue weighted by Gasteiger charge is 2.01. The summed E-state index contributed by atoms with van der Waals surface area (Å²) in [6.07, 6.45) is 0. The molecule has 0 spiro atoms. The van der Waals surface area contributed by atoms with Crippen molar-refractivity contribution in [2.45, 2.75) is 0 Å². The van der Waals surface area contributed by atoms with Gasteiger partial charge in [-0.2, -0.15) is 0 Å². The number of halogens is 3. The van der Waals surface area contributed by atoms with Gasteiger partial charge in [-0.3, -0.25) is 0 Å². The standard InChI is InChI=1S/C14H12ClF2NO/c15-10-1-4-12(5-2-10)19-8-7-18-11-3-6-13(16)14(17)9-11/h1-6,9,18H,7-8H2. The van der Waals surface area contributed by atoms with Crippen LogP contribution in [0.5, 0.6) is 5.75 Å². The fourth-order valence-corrected chi connectivity index (χ4v) is 1.63. The molecule has 0 saturated carbocycles. The topological polar surface area (TPSA) is 21.3 Å². The van der Waals surface area contributed by atoms with E-state index in [1.165, 1.54) is 6.07 Å². The Morgan fingerprint density at radius 3 is 2.42 bits per heavy atom. The van der Waals surface area contributed by atoms with Crippen molar-refractivity contribution in [1.29, 1.82) is 0 Å². The fraction of sp³-hybridized carbons (Fsp3) is 0.143. The maximum Gasteiger partial charge on any atom is 0.160 e. The average Bonchev–Trinajstić information content (AvgIpc) is 2.41. The molecule has 1 N–H and O–H groups in total. The molecule has 100 valence electrons. The number of hydrogen-bond acceptors (Lipinski definition) is 2. The summed E-state index contributed by atoms with van der Waals surface area (Å²) < 4.78 is 31.1. The van der Waals surface area contributed by atoms with Crippen LogP contribution in [0.3, 0.4) is 0 Å². The highest BCUT2D eigenvalue weighted by molar-refractivity contribution is 6.30. The van der Waals surface area contributed by atoms with E-state index in [-0.39, 0.29) is 0 Å². The first kappa shape index (κ1) is 13.6. The second kappa shape index (κ2) is 6.38. The molecule has 0 unspecified atom stereocenters. The van der Waals surface area contributed by atoms with Crippen LogP contribution in [0.1, 0.15) is 0 Å². The lowest BCUT2D eigenvalue weighted by molar-refractivity contribution is 0.333. The molecule has 5 heteroatoms. The lowest BCUT2D eigenvalue weighted by atomic mass is 10.3. The van der Waals surface area contributed by atoms with Gasteiger partial charge in [-0.05, 0) is 36.4 Å². The van der Waals surface area contributed by atoms with Gasteiger partial charge in [0.25, 0.3) is 0 Å². The highest BCUT2D eigenvalue weighted by Crippen LogP contribution is 2.16. The Kier molecular flexibility index (Phi) is 4.58. The van der Waals surface area contributed by atoms with Crippen LogP contribution in [0.25, 0.3) is 0 Å². The van der Waals surface area contributed by atoms with E-state index >= 15 is 0 Å². The first-order chi connectivity index (χ1) is 9.15. The summed E-state index contributed by atoms with van der Waals surface area (Å²) in [4.78, 5) is 0. The molecule has 0 amide bonds. The average molecular weight is 284 g/mol. The van der Waals surface area contributed by atoms with E-state index in [0.29, 0.717) is 29.6 Å². The molecular weight excluding hydrogens is 272 g/mol. The van der Waals surface area contributed by atoms with Gasteiger partial charge in [0.2, 0.25) is 0 Å². The van der Waals surface area contributed by atoms with Crippen molar-refractivity contribution in [1.82, 2.24) is 0 Å². The first-order valence-corrected chi connectivity index (χ1v) is 6.10. The molecule has 0 aliphatic rings. The van der Waals surface area contributed by atoms with Crippen molar-refractivity contribution in [3.63, 3.8) is 0 Å². The number of nitrogens with one attached hydrogen (secondary N) is 1. The highest BCUT2D eigenvalue weighted by atomic mass is 35.5. The molecule has 0 aromatic heterocycles. The van der Waals surface area contributed by atoms with Gasteiger partial charge < -0.3 is 10.1 Å². The van der Waals surface area contributed by atoms with Crippen LogP contribution in [0.2, 0.25) is 5.02 Å². The van der Waals surface area contributed by atoms with E-state index in [4.69, 9.17) is 16.3 Å². The molecular formula is C14H12ClF2NO. The molecule has 0 bridgehead atoms. The third-order valence-electron chi connectivity index (χ3n) is 2.43. The molecule has 2 nitrogen and oxygen atoms in total. The maximum atomic E-state index is 12.9. The molecule has 19 heavy (non-hydrogen) atoms. The minimum absolute atomic E-state index is 0.403. The van der Waals surface area contributed by atoms with Crippen LogP contribution in [0.15, 0.2) is 42.5 Å². The Morgan fingerprint density at radius 1 is 1.00 bits per heavy atom. The summed E-state index contributed by atoms with van der Waals surface area (Å²) in [5, 5.41) is 3.58. The third-order valence-corrected chi connectivity index (χ3v) is 2.69. The first-order valence-electron chi connectivity index (χ1n) is 5.72. The number of ether oxygens (including phenoxy) is 1. The molecule has 2 aromatic rings.